The first-order valence-corrected chi connectivity index (χ1v) is 15.5. The lowest BCUT2D eigenvalue weighted by molar-refractivity contribution is -0.166. The standard InChI is InChI=1S/C34H45N3O3/c1-9-25-36-29(40-37-25)34-13-10-19(2)20(3)26(34)27-22(38)16-24-31(6)17-21(18-35)28(39)30(4,5)23(31)11-12-32(24,7)33(27,8)14-15-34/h16-17,19-20,23,26-27H,9-15H2,1-8H3/t19-,20+,23+,26+,27-,31+,32-,33-,34+/m1/s1. The lowest BCUT2D eigenvalue weighted by Crippen LogP contribution is -2.66. The molecule has 0 radical (unpaired) electrons. The molecule has 0 unspecified atom stereocenters. The fourth-order valence-electron chi connectivity index (χ4n) is 10.8. The number of Topliss-reactive ketones (excluding diaryl/α,β-unsaturated/α-hetero) is 1. The van der Waals surface area contributed by atoms with Crippen LogP contribution < -0.4 is 0 Å². The summed E-state index contributed by atoms with van der Waals surface area (Å²) in [6.07, 6.45) is 10.4. The number of nitriles is 1. The van der Waals surface area contributed by atoms with Crippen LogP contribution in [0.4, 0.5) is 0 Å². The monoisotopic (exact) mass is 543 g/mol. The second-order valence-corrected chi connectivity index (χ2v) is 15.2. The number of hydrogen-bond donors (Lipinski definition) is 0. The zero-order valence-corrected chi connectivity index (χ0v) is 25.6. The Kier molecular flexibility index (Phi) is 5.86. The van der Waals surface area contributed by atoms with Gasteiger partial charge in [0.25, 0.3) is 0 Å². The van der Waals surface area contributed by atoms with Gasteiger partial charge < -0.3 is 4.52 Å². The molecule has 0 N–H and O–H groups in total. The van der Waals surface area contributed by atoms with Crippen LogP contribution in [0.2, 0.25) is 0 Å². The van der Waals surface area contributed by atoms with Gasteiger partial charge >= 0.3 is 0 Å². The molecule has 3 saturated carbocycles. The van der Waals surface area contributed by atoms with E-state index < -0.39 is 10.8 Å². The van der Waals surface area contributed by atoms with E-state index in [1.165, 1.54) is 0 Å². The molecule has 0 saturated heterocycles. The molecular weight excluding hydrogens is 498 g/mol. The maximum atomic E-state index is 14.7. The second-order valence-electron chi connectivity index (χ2n) is 15.2. The van der Waals surface area contributed by atoms with Crippen molar-refractivity contribution in [2.24, 2.45) is 51.2 Å². The van der Waals surface area contributed by atoms with Gasteiger partial charge in [0, 0.05) is 23.2 Å². The van der Waals surface area contributed by atoms with Gasteiger partial charge in [0.1, 0.15) is 6.07 Å². The smallest absolute Gasteiger partial charge is 0.233 e. The third-order valence-corrected chi connectivity index (χ3v) is 13.4. The van der Waals surface area contributed by atoms with Crippen LogP contribution in [0.25, 0.3) is 0 Å². The van der Waals surface area contributed by atoms with Gasteiger partial charge in [-0.3, -0.25) is 9.59 Å². The van der Waals surface area contributed by atoms with Crippen LogP contribution in [-0.2, 0) is 21.4 Å². The van der Waals surface area contributed by atoms with Crippen molar-refractivity contribution in [3.8, 4) is 6.07 Å². The Labute approximate surface area is 239 Å². The zero-order chi connectivity index (χ0) is 29.0. The molecule has 6 nitrogen and oxygen atoms in total. The molecule has 0 spiro atoms. The highest BCUT2D eigenvalue weighted by atomic mass is 16.5. The third kappa shape index (κ3) is 3.16. The van der Waals surface area contributed by atoms with Crippen LogP contribution in [-0.4, -0.2) is 21.7 Å². The molecule has 3 fully saturated rings. The number of carbonyl (C=O) groups is 2. The number of nitrogens with zero attached hydrogens (tertiary/aromatic N) is 3. The summed E-state index contributed by atoms with van der Waals surface area (Å²) in [5, 5.41) is 14.2. The van der Waals surface area contributed by atoms with Gasteiger partial charge in [-0.25, -0.2) is 0 Å². The number of hydrogen-bond acceptors (Lipinski definition) is 6. The highest BCUT2D eigenvalue weighted by molar-refractivity contribution is 6.04. The second kappa shape index (κ2) is 8.49. The maximum Gasteiger partial charge on any atom is 0.233 e. The predicted octanol–water partition coefficient (Wildman–Crippen LogP) is 6.96. The Morgan fingerprint density at radius 2 is 1.77 bits per heavy atom. The summed E-state index contributed by atoms with van der Waals surface area (Å²) in [5.74, 6) is 2.54. The maximum absolute atomic E-state index is 14.7. The van der Waals surface area contributed by atoms with Crippen LogP contribution >= 0.6 is 0 Å². The molecule has 0 aliphatic heterocycles. The van der Waals surface area contributed by atoms with Crippen LogP contribution in [0.15, 0.2) is 27.8 Å². The van der Waals surface area contributed by atoms with Crippen LogP contribution in [0.5, 0.6) is 0 Å². The van der Waals surface area contributed by atoms with Crippen molar-refractivity contribution in [2.45, 2.75) is 106 Å². The van der Waals surface area contributed by atoms with Crippen LogP contribution in [0.3, 0.4) is 0 Å². The fourth-order valence-corrected chi connectivity index (χ4v) is 10.8. The van der Waals surface area contributed by atoms with Crippen molar-refractivity contribution in [1.29, 1.82) is 5.26 Å². The normalized spacial score (nSPS) is 45.7. The Bertz CT molecular complexity index is 1390. The Hall–Kier alpha value is -2.55. The van der Waals surface area contributed by atoms with E-state index in [1.54, 1.807) is 0 Å². The van der Waals surface area contributed by atoms with Crippen LogP contribution in [0.1, 0.15) is 106 Å². The van der Waals surface area contributed by atoms with Crippen molar-refractivity contribution < 1.29 is 14.1 Å². The van der Waals surface area contributed by atoms with Crippen molar-refractivity contribution in [2.75, 3.05) is 0 Å². The summed E-state index contributed by atoms with van der Waals surface area (Å²) in [4.78, 5) is 32.9. The topological polar surface area (TPSA) is 96.9 Å². The Morgan fingerprint density at radius 3 is 2.42 bits per heavy atom. The molecule has 5 aliphatic rings. The largest absolute Gasteiger partial charge is 0.339 e. The number of rotatable bonds is 2. The third-order valence-electron chi connectivity index (χ3n) is 13.4. The zero-order valence-electron chi connectivity index (χ0n) is 25.6. The van der Waals surface area contributed by atoms with Gasteiger partial charge in [-0.15, -0.1) is 0 Å². The van der Waals surface area contributed by atoms with E-state index in [4.69, 9.17) is 9.51 Å². The van der Waals surface area contributed by atoms with Gasteiger partial charge in [0.2, 0.25) is 5.89 Å². The molecule has 40 heavy (non-hydrogen) atoms. The Balaban J connectivity index is 1.54. The van der Waals surface area contributed by atoms with E-state index in [-0.39, 0.29) is 51.1 Å². The summed E-state index contributed by atoms with van der Waals surface area (Å²) in [7, 11) is 0. The fraction of sp³-hybridized carbons (Fsp3) is 0.735. The average molecular weight is 544 g/mol. The number of aryl methyl sites for hydroxylation is 1. The van der Waals surface area contributed by atoms with E-state index >= 15 is 0 Å². The molecule has 1 aromatic heterocycles. The van der Waals surface area contributed by atoms with Gasteiger partial charge in [-0.1, -0.05) is 72.2 Å². The molecular formula is C34H45N3O3. The van der Waals surface area contributed by atoms with Gasteiger partial charge in [0.15, 0.2) is 17.4 Å². The van der Waals surface area contributed by atoms with Gasteiger partial charge in [-0.2, -0.15) is 10.2 Å². The molecule has 214 valence electrons. The van der Waals surface area contributed by atoms with E-state index in [9.17, 15) is 14.9 Å². The molecule has 6 rings (SSSR count). The summed E-state index contributed by atoms with van der Waals surface area (Å²) < 4.78 is 6.00. The van der Waals surface area contributed by atoms with Crippen molar-refractivity contribution >= 4 is 11.6 Å². The summed E-state index contributed by atoms with van der Waals surface area (Å²) in [5.41, 5.74) is -0.523. The van der Waals surface area contributed by atoms with Crippen molar-refractivity contribution in [1.82, 2.24) is 10.1 Å². The molecule has 0 amide bonds. The number of aromatic nitrogens is 2. The average Bonchev–Trinajstić information content (AvgIpc) is 3.40. The number of allylic oxidation sites excluding steroid dienone is 4. The number of ketones is 2. The molecule has 5 aliphatic carbocycles. The first-order chi connectivity index (χ1) is 18.7. The highest BCUT2D eigenvalue weighted by Gasteiger charge is 2.71. The molecule has 9 atom stereocenters. The minimum atomic E-state index is -0.651. The van der Waals surface area contributed by atoms with Crippen LogP contribution in [0, 0.1) is 62.6 Å². The molecule has 6 heteroatoms. The quantitative estimate of drug-likeness (QED) is 0.400. The van der Waals surface area contributed by atoms with Crippen molar-refractivity contribution in [3.05, 3.63) is 35.0 Å². The summed E-state index contributed by atoms with van der Waals surface area (Å²) in [6, 6.07) is 2.21. The molecule has 1 aromatic rings. The van der Waals surface area contributed by atoms with Gasteiger partial charge in [-0.05, 0) is 79.1 Å². The van der Waals surface area contributed by atoms with E-state index in [1.807, 2.05) is 32.9 Å². The summed E-state index contributed by atoms with van der Waals surface area (Å²) >= 11 is 0. The minimum absolute atomic E-state index is 0.0547. The van der Waals surface area contributed by atoms with E-state index in [0.717, 1.165) is 62.2 Å². The number of fused-ring (bicyclic) bond motifs is 7. The van der Waals surface area contributed by atoms with Gasteiger partial charge in [0.05, 0.1) is 11.0 Å². The molecule has 0 bridgehead atoms. The SMILES string of the molecule is CCc1noc([C@]23CC[C@@H](C)[C@H](C)[C@H]2[C@H]2C(=O)C=C4[C@@]5(C)C=C(C#N)C(=O)C(C)(C)[C@@H]5CC[C@@]4(C)[C@]2(C)CC3)n1. The molecule has 0 aromatic carbocycles. The lowest BCUT2D eigenvalue weighted by atomic mass is 9.34. The molecule has 1 heterocycles. The van der Waals surface area contributed by atoms with Crippen molar-refractivity contribution in [3.63, 3.8) is 0 Å². The van der Waals surface area contributed by atoms with E-state index in [0.29, 0.717) is 11.8 Å². The summed E-state index contributed by atoms with van der Waals surface area (Å²) in [6.45, 7) is 17.7. The van der Waals surface area contributed by atoms with E-state index in [2.05, 4.69) is 45.8 Å². The predicted molar refractivity (Wildman–Crippen MR) is 152 cm³/mol. The first-order valence-electron chi connectivity index (χ1n) is 15.5. The first kappa shape index (κ1) is 27.6. The minimum Gasteiger partial charge on any atom is -0.339 e. The highest BCUT2D eigenvalue weighted by Crippen LogP contribution is 2.74. The Morgan fingerprint density at radius 1 is 1.05 bits per heavy atom. The number of carbonyl (C=O) groups excluding carboxylic acids is 2. The lowest BCUT2D eigenvalue weighted by Gasteiger charge is -2.69.